The Morgan fingerprint density at radius 2 is 2.15 bits per heavy atom. The van der Waals surface area contributed by atoms with Gasteiger partial charge in [-0.1, -0.05) is 19.9 Å². The van der Waals surface area contributed by atoms with Gasteiger partial charge >= 0.3 is 0 Å². The van der Waals surface area contributed by atoms with Gasteiger partial charge in [0.1, 0.15) is 11.6 Å². The summed E-state index contributed by atoms with van der Waals surface area (Å²) in [5, 5.41) is 5.19. The van der Waals surface area contributed by atoms with Gasteiger partial charge in [-0.2, -0.15) is 4.98 Å². The SMILES string of the molecule is CNc1nc(C(C)C)nc(OCCc2cccs2)c1C. The molecule has 2 heterocycles. The van der Waals surface area contributed by atoms with Crippen LogP contribution in [0, 0.1) is 6.92 Å². The second-order valence-corrected chi connectivity index (χ2v) is 5.98. The second kappa shape index (κ2) is 6.70. The molecule has 0 aromatic carbocycles. The van der Waals surface area contributed by atoms with Crippen molar-refractivity contribution in [2.45, 2.75) is 33.1 Å². The number of hydrogen-bond donors (Lipinski definition) is 1. The van der Waals surface area contributed by atoms with Crippen molar-refractivity contribution >= 4 is 17.2 Å². The number of aromatic nitrogens is 2. The summed E-state index contributed by atoms with van der Waals surface area (Å²) in [6.45, 7) is 6.79. The number of nitrogens with one attached hydrogen (secondary N) is 1. The molecule has 0 radical (unpaired) electrons. The van der Waals surface area contributed by atoms with Crippen LogP contribution in [0.3, 0.4) is 0 Å². The van der Waals surface area contributed by atoms with Crippen molar-refractivity contribution in [3.8, 4) is 5.88 Å². The topological polar surface area (TPSA) is 47.0 Å². The van der Waals surface area contributed by atoms with Crippen LogP contribution in [0.25, 0.3) is 0 Å². The second-order valence-electron chi connectivity index (χ2n) is 4.94. The minimum atomic E-state index is 0.280. The molecule has 2 aromatic heterocycles. The van der Waals surface area contributed by atoms with E-state index in [4.69, 9.17) is 4.74 Å². The van der Waals surface area contributed by atoms with E-state index in [9.17, 15) is 0 Å². The first-order valence-electron chi connectivity index (χ1n) is 6.83. The number of hydrogen-bond acceptors (Lipinski definition) is 5. The standard InChI is InChI=1S/C15H21N3OS/c1-10(2)13-17-14(16-4)11(3)15(18-13)19-8-7-12-6-5-9-20-12/h5-6,9-10H,7-8H2,1-4H3,(H,16,17,18). The molecule has 0 amide bonds. The van der Waals surface area contributed by atoms with Gasteiger partial charge in [0.15, 0.2) is 0 Å². The first-order valence-corrected chi connectivity index (χ1v) is 7.71. The molecule has 20 heavy (non-hydrogen) atoms. The Kier molecular flexibility index (Phi) is 4.95. The molecule has 5 heteroatoms. The smallest absolute Gasteiger partial charge is 0.221 e. The lowest BCUT2D eigenvalue weighted by molar-refractivity contribution is 0.306. The Morgan fingerprint density at radius 1 is 1.35 bits per heavy atom. The fraction of sp³-hybridized carbons (Fsp3) is 0.467. The van der Waals surface area contributed by atoms with Gasteiger partial charge in [-0.15, -0.1) is 11.3 Å². The molecule has 0 bridgehead atoms. The molecule has 0 atom stereocenters. The summed E-state index contributed by atoms with van der Waals surface area (Å²) >= 11 is 1.75. The van der Waals surface area contributed by atoms with Gasteiger partial charge in [-0.25, -0.2) is 4.98 Å². The molecular formula is C15H21N3OS. The Hall–Kier alpha value is -1.62. The molecule has 0 aliphatic heterocycles. The molecule has 0 saturated heterocycles. The summed E-state index contributed by atoms with van der Waals surface area (Å²) in [5.41, 5.74) is 0.961. The van der Waals surface area contributed by atoms with Crippen molar-refractivity contribution in [3.63, 3.8) is 0 Å². The van der Waals surface area contributed by atoms with Crippen molar-refractivity contribution in [2.75, 3.05) is 19.0 Å². The van der Waals surface area contributed by atoms with Gasteiger partial charge in [-0.3, -0.25) is 0 Å². The van der Waals surface area contributed by atoms with Crippen molar-refractivity contribution in [1.82, 2.24) is 9.97 Å². The number of rotatable bonds is 6. The number of ether oxygens (including phenoxy) is 1. The maximum Gasteiger partial charge on any atom is 0.221 e. The molecular weight excluding hydrogens is 270 g/mol. The molecule has 2 rings (SSSR count). The molecule has 0 unspecified atom stereocenters. The fourth-order valence-corrected chi connectivity index (χ4v) is 2.55. The lowest BCUT2D eigenvalue weighted by Gasteiger charge is -2.14. The summed E-state index contributed by atoms with van der Waals surface area (Å²) < 4.78 is 5.86. The van der Waals surface area contributed by atoms with Crippen LogP contribution in [0.5, 0.6) is 5.88 Å². The molecule has 2 aromatic rings. The third-order valence-electron chi connectivity index (χ3n) is 3.04. The highest BCUT2D eigenvalue weighted by molar-refractivity contribution is 7.09. The zero-order valence-electron chi connectivity index (χ0n) is 12.4. The van der Waals surface area contributed by atoms with Crippen LogP contribution in [0.15, 0.2) is 17.5 Å². The van der Waals surface area contributed by atoms with Gasteiger partial charge in [-0.05, 0) is 18.4 Å². The summed E-state index contributed by atoms with van der Waals surface area (Å²) in [6.07, 6.45) is 0.910. The van der Waals surface area contributed by atoms with E-state index in [1.54, 1.807) is 11.3 Å². The summed E-state index contributed by atoms with van der Waals surface area (Å²) in [6, 6.07) is 4.19. The third-order valence-corrected chi connectivity index (χ3v) is 3.98. The van der Waals surface area contributed by atoms with Crippen molar-refractivity contribution in [2.24, 2.45) is 0 Å². The zero-order valence-corrected chi connectivity index (χ0v) is 13.3. The highest BCUT2D eigenvalue weighted by Gasteiger charge is 2.13. The third kappa shape index (κ3) is 3.48. The van der Waals surface area contributed by atoms with E-state index in [1.807, 2.05) is 14.0 Å². The van der Waals surface area contributed by atoms with Gasteiger partial charge in [0.05, 0.1) is 12.2 Å². The first kappa shape index (κ1) is 14.8. The Bertz CT molecular complexity index is 552. The van der Waals surface area contributed by atoms with Crippen LogP contribution >= 0.6 is 11.3 Å². The van der Waals surface area contributed by atoms with Crippen LogP contribution in [0.4, 0.5) is 5.82 Å². The number of thiophene rings is 1. The van der Waals surface area contributed by atoms with Gasteiger partial charge in [0.2, 0.25) is 5.88 Å². The van der Waals surface area contributed by atoms with Crippen molar-refractivity contribution in [3.05, 3.63) is 33.8 Å². The Labute approximate surface area is 124 Å². The molecule has 4 nitrogen and oxygen atoms in total. The van der Waals surface area contributed by atoms with Crippen molar-refractivity contribution in [1.29, 1.82) is 0 Å². The van der Waals surface area contributed by atoms with E-state index in [2.05, 4.69) is 46.6 Å². The average molecular weight is 291 g/mol. The average Bonchev–Trinajstić information content (AvgIpc) is 2.93. The van der Waals surface area contributed by atoms with E-state index in [-0.39, 0.29) is 5.92 Å². The highest BCUT2D eigenvalue weighted by Crippen LogP contribution is 2.24. The maximum atomic E-state index is 5.86. The summed E-state index contributed by atoms with van der Waals surface area (Å²) in [7, 11) is 1.87. The monoisotopic (exact) mass is 291 g/mol. The van der Waals surface area contributed by atoms with Crippen LogP contribution in [-0.4, -0.2) is 23.6 Å². The molecule has 0 fully saturated rings. The van der Waals surface area contributed by atoms with Crippen molar-refractivity contribution < 1.29 is 4.74 Å². The summed E-state index contributed by atoms with van der Waals surface area (Å²) in [4.78, 5) is 10.4. The quantitative estimate of drug-likeness (QED) is 0.883. The Balaban J connectivity index is 2.11. The zero-order chi connectivity index (χ0) is 14.5. The lowest BCUT2D eigenvalue weighted by atomic mass is 10.2. The molecule has 0 saturated carbocycles. The lowest BCUT2D eigenvalue weighted by Crippen LogP contribution is -2.09. The number of anilines is 1. The molecule has 1 N–H and O–H groups in total. The van der Waals surface area contributed by atoms with E-state index in [1.165, 1.54) is 4.88 Å². The van der Waals surface area contributed by atoms with E-state index < -0.39 is 0 Å². The highest BCUT2D eigenvalue weighted by atomic mass is 32.1. The largest absolute Gasteiger partial charge is 0.477 e. The van der Waals surface area contributed by atoms with Gasteiger partial charge in [0.25, 0.3) is 0 Å². The minimum Gasteiger partial charge on any atom is -0.477 e. The van der Waals surface area contributed by atoms with Gasteiger partial charge < -0.3 is 10.1 Å². The van der Waals surface area contributed by atoms with Gasteiger partial charge in [0, 0.05) is 24.3 Å². The predicted octanol–water partition coefficient (Wildman–Crippen LogP) is 3.63. The maximum absolute atomic E-state index is 5.86. The van der Waals surface area contributed by atoms with E-state index in [0.29, 0.717) is 12.5 Å². The normalized spacial score (nSPS) is 10.8. The minimum absolute atomic E-state index is 0.280. The number of nitrogens with zero attached hydrogens (tertiary/aromatic N) is 2. The predicted molar refractivity (Wildman–Crippen MR) is 83.9 cm³/mol. The molecule has 0 spiro atoms. The molecule has 0 aliphatic rings. The van der Waals surface area contributed by atoms with Crippen LogP contribution in [0.2, 0.25) is 0 Å². The van der Waals surface area contributed by atoms with E-state index in [0.717, 1.165) is 23.6 Å². The van der Waals surface area contributed by atoms with Crippen LogP contribution in [-0.2, 0) is 6.42 Å². The fourth-order valence-electron chi connectivity index (χ4n) is 1.86. The Morgan fingerprint density at radius 3 is 2.75 bits per heavy atom. The molecule has 0 aliphatic carbocycles. The first-order chi connectivity index (χ1) is 9.61. The van der Waals surface area contributed by atoms with E-state index >= 15 is 0 Å². The molecule has 108 valence electrons. The van der Waals surface area contributed by atoms with Crippen LogP contribution < -0.4 is 10.1 Å². The van der Waals surface area contributed by atoms with Crippen LogP contribution in [0.1, 0.15) is 36.0 Å². The summed E-state index contributed by atoms with van der Waals surface area (Å²) in [5.74, 6) is 2.62.